The minimum atomic E-state index is -0.268. The SMILES string of the molecule is COc1ccccc1NC(=O)c1cncnc1. The molecule has 2 rings (SSSR count). The van der Waals surface area contributed by atoms with Crippen molar-refractivity contribution >= 4 is 11.6 Å². The molecule has 0 atom stereocenters. The van der Waals surface area contributed by atoms with Gasteiger partial charge in [-0.05, 0) is 12.1 Å². The number of methoxy groups -OCH3 is 1. The van der Waals surface area contributed by atoms with Crippen LogP contribution in [-0.2, 0) is 0 Å². The van der Waals surface area contributed by atoms with Gasteiger partial charge in [0.2, 0.25) is 0 Å². The zero-order chi connectivity index (χ0) is 12.1. The number of benzene rings is 1. The number of para-hydroxylation sites is 2. The quantitative estimate of drug-likeness (QED) is 0.870. The second-order valence-electron chi connectivity index (χ2n) is 3.28. The van der Waals surface area contributed by atoms with Crippen molar-refractivity contribution in [2.75, 3.05) is 12.4 Å². The fraction of sp³-hybridized carbons (Fsp3) is 0.0833. The Hall–Kier alpha value is -2.43. The predicted octanol–water partition coefficient (Wildman–Crippen LogP) is 1.74. The van der Waals surface area contributed by atoms with E-state index in [2.05, 4.69) is 15.3 Å². The molecule has 1 amide bonds. The van der Waals surface area contributed by atoms with Crippen LogP contribution in [0.5, 0.6) is 5.75 Å². The number of rotatable bonds is 3. The Morgan fingerprint density at radius 3 is 2.65 bits per heavy atom. The summed E-state index contributed by atoms with van der Waals surface area (Å²) < 4.78 is 5.14. The van der Waals surface area contributed by atoms with Crippen molar-refractivity contribution in [3.8, 4) is 5.75 Å². The standard InChI is InChI=1S/C12H11N3O2/c1-17-11-5-3-2-4-10(11)15-12(16)9-6-13-8-14-7-9/h2-8H,1H3,(H,15,16). The van der Waals surface area contributed by atoms with E-state index in [-0.39, 0.29) is 5.91 Å². The molecule has 0 aliphatic rings. The normalized spacial score (nSPS) is 9.71. The Labute approximate surface area is 98.5 Å². The van der Waals surface area contributed by atoms with Crippen LogP contribution in [0.15, 0.2) is 43.0 Å². The molecule has 0 fully saturated rings. The molecule has 5 nitrogen and oxygen atoms in total. The van der Waals surface area contributed by atoms with Gasteiger partial charge in [0.1, 0.15) is 12.1 Å². The van der Waals surface area contributed by atoms with Crippen LogP contribution in [0.4, 0.5) is 5.69 Å². The first-order chi connectivity index (χ1) is 8.31. The highest BCUT2D eigenvalue weighted by Gasteiger charge is 2.09. The molecule has 2 aromatic rings. The van der Waals surface area contributed by atoms with Crippen molar-refractivity contribution < 1.29 is 9.53 Å². The van der Waals surface area contributed by atoms with Crippen LogP contribution in [-0.4, -0.2) is 23.0 Å². The fourth-order valence-electron chi connectivity index (χ4n) is 1.36. The van der Waals surface area contributed by atoms with E-state index in [0.29, 0.717) is 17.0 Å². The third kappa shape index (κ3) is 2.57. The second-order valence-corrected chi connectivity index (χ2v) is 3.28. The molecular formula is C12H11N3O2. The van der Waals surface area contributed by atoms with Crippen molar-refractivity contribution in [1.82, 2.24) is 9.97 Å². The van der Waals surface area contributed by atoms with Gasteiger partial charge in [-0.25, -0.2) is 9.97 Å². The smallest absolute Gasteiger partial charge is 0.258 e. The van der Waals surface area contributed by atoms with Crippen molar-refractivity contribution in [2.45, 2.75) is 0 Å². The van der Waals surface area contributed by atoms with Crippen molar-refractivity contribution in [2.24, 2.45) is 0 Å². The maximum atomic E-state index is 11.8. The maximum Gasteiger partial charge on any atom is 0.258 e. The van der Waals surface area contributed by atoms with Gasteiger partial charge in [0.25, 0.3) is 5.91 Å². The molecular weight excluding hydrogens is 218 g/mol. The molecule has 0 aliphatic carbocycles. The summed E-state index contributed by atoms with van der Waals surface area (Å²) in [6.45, 7) is 0. The fourth-order valence-corrected chi connectivity index (χ4v) is 1.36. The molecule has 1 N–H and O–H groups in total. The molecule has 17 heavy (non-hydrogen) atoms. The predicted molar refractivity (Wildman–Crippen MR) is 63.0 cm³/mol. The van der Waals surface area contributed by atoms with E-state index in [1.54, 1.807) is 19.2 Å². The summed E-state index contributed by atoms with van der Waals surface area (Å²) in [7, 11) is 1.55. The second kappa shape index (κ2) is 5.07. The lowest BCUT2D eigenvalue weighted by atomic mass is 10.2. The highest BCUT2D eigenvalue weighted by Crippen LogP contribution is 2.23. The van der Waals surface area contributed by atoms with Gasteiger partial charge < -0.3 is 10.1 Å². The molecule has 0 saturated carbocycles. The molecule has 0 unspecified atom stereocenters. The maximum absolute atomic E-state index is 11.8. The molecule has 86 valence electrons. The lowest BCUT2D eigenvalue weighted by molar-refractivity contribution is 0.102. The molecule has 0 spiro atoms. The summed E-state index contributed by atoms with van der Waals surface area (Å²) in [6, 6.07) is 7.19. The Kier molecular flexibility index (Phi) is 3.30. The molecule has 0 radical (unpaired) electrons. The summed E-state index contributed by atoms with van der Waals surface area (Å²) in [4.78, 5) is 19.4. The average molecular weight is 229 g/mol. The molecule has 1 aromatic heterocycles. The topological polar surface area (TPSA) is 64.1 Å². The number of hydrogen-bond acceptors (Lipinski definition) is 4. The largest absolute Gasteiger partial charge is 0.495 e. The zero-order valence-electron chi connectivity index (χ0n) is 9.25. The van der Waals surface area contributed by atoms with Gasteiger partial charge in [0.05, 0.1) is 18.4 Å². The van der Waals surface area contributed by atoms with Crippen LogP contribution < -0.4 is 10.1 Å². The number of nitrogens with one attached hydrogen (secondary N) is 1. The lowest BCUT2D eigenvalue weighted by Gasteiger charge is -2.09. The number of amides is 1. The van der Waals surface area contributed by atoms with Gasteiger partial charge in [-0.3, -0.25) is 4.79 Å². The third-order valence-corrected chi connectivity index (χ3v) is 2.18. The van der Waals surface area contributed by atoms with Crippen molar-refractivity contribution in [3.05, 3.63) is 48.5 Å². The molecule has 1 aromatic carbocycles. The summed E-state index contributed by atoms with van der Waals surface area (Å²) in [5, 5.41) is 2.73. The van der Waals surface area contributed by atoms with Crippen LogP contribution in [0.25, 0.3) is 0 Å². The molecule has 0 saturated heterocycles. The first kappa shape index (κ1) is 11.1. The van der Waals surface area contributed by atoms with Crippen LogP contribution in [0, 0.1) is 0 Å². The first-order valence-corrected chi connectivity index (χ1v) is 5.00. The van der Waals surface area contributed by atoms with Crippen LogP contribution in [0.3, 0.4) is 0 Å². The molecule has 5 heteroatoms. The molecule has 0 aliphatic heterocycles. The number of ether oxygens (including phenoxy) is 1. The van der Waals surface area contributed by atoms with Crippen LogP contribution >= 0.6 is 0 Å². The van der Waals surface area contributed by atoms with E-state index in [4.69, 9.17) is 4.74 Å². The summed E-state index contributed by atoms with van der Waals surface area (Å²) in [5.74, 6) is 0.341. The number of anilines is 1. The van der Waals surface area contributed by atoms with E-state index in [9.17, 15) is 4.79 Å². The zero-order valence-corrected chi connectivity index (χ0v) is 9.25. The van der Waals surface area contributed by atoms with E-state index in [0.717, 1.165) is 0 Å². The molecule has 0 bridgehead atoms. The summed E-state index contributed by atoms with van der Waals surface area (Å²) in [6.07, 6.45) is 4.29. The number of nitrogens with zero attached hydrogens (tertiary/aromatic N) is 2. The Bertz CT molecular complexity index is 514. The van der Waals surface area contributed by atoms with Crippen molar-refractivity contribution in [1.29, 1.82) is 0 Å². The van der Waals surface area contributed by atoms with E-state index >= 15 is 0 Å². The Morgan fingerprint density at radius 2 is 1.94 bits per heavy atom. The minimum absolute atomic E-state index is 0.268. The van der Waals surface area contributed by atoms with Gasteiger partial charge in [-0.2, -0.15) is 0 Å². The third-order valence-electron chi connectivity index (χ3n) is 2.18. The van der Waals surface area contributed by atoms with Crippen molar-refractivity contribution in [3.63, 3.8) is 0 Å². The van der Waals surface area contributed by atoms with Crippen LogP contribution in [0.2, 0.25) is 0 Å². The van der Waals surface area contributed by atoms with E-state index in [1.807, 2.05) is 12.1 Å². The lowest BCUT2D eigenvalue weighted by Crippen LogP contribution is -2.13. The summed E-state index contributed by atoms with van der Waals surface area (Å²) in [5.41, 5.74) is 1.02. The number of aromatic nitrogens is 2. The minimum Gasteiger partial charge on any atom is -0.495 e. The van der Waals surface area contributed by atoms with Gasteiger partial charge in [0.15, 0.2) is 0 Å². The average Bonchev–Trinajstić information content (AvgIpc) is 2.40. The number of carbonyl (C=O) groups is 1. The summed E-state index contributed by atoms with van der Waals surface area (Å²) >= 11 is 0. The first-order valence-electron chi connectivity index (χ1n) is 5.00. The van der Waals surface area contributed by atoms with Gasteiger partial charge in [-0.1, -0.05) is 12.1 Å². The van der Waals surface area contributed by atoms with Gasteiger partial charge in [0, 0.05) is 12.4 Å². The Morgan fingerprint density at radius 1 is 1.24 bits per heavy atom. The van der Waals surface area contributed by atoms with Gasteiger partial charge in [-0.15, -0.1) is 0 Å². The van der Waals surface area contributed by atoms with Crippen LogP contribution in [0.1, 0.15) is 10.4 Å². The monoisotopic (exact) mass is 229 g/mol. The number of hydrogen-bond donors (Lipinski definition) is 1. The van der Waals surface area contributed by atoms with Gasteiger partial charge >= 0.3 is 0 Å². The van der Waals surface area contributed by atoms with E-state index in [1.165, 1.54) is 18.7 Å². The Balaban J connectivity index is 2.19. The highest BCUT2D eigenvalue weighted by atomic mass is 16.5. The highest BCUT2D eigenvalue weighted by molar-refractivity contribution is 6.04. The number of carbonyl (C=O) groups excluding carboxylic acids is 1. The molecule has 1 heterocycles. The van der Waals surface area contributed by atoms with E-state index < -0.39 is 0 Å².